The predicted octanol–water partition coefficient (Wildman–Crippen LogP) is 0.894. The van der Waals surface area contributed by atoms with Crippen LogP contribution in [0.3, 0.4) is 0 Å². The van der Waals surface area contributed by atoms with Crippen LogP contribution in [0.15, 0.2) is 40.3 Å². The summed E-state index contributed by atoms with van der Waals surface area (Å²) in [5.41, 5.74) is 0. The van der Waals surface area contributed by atoms with Gasteiger partial charge in [0.25, 0.3) is 5.91 Å². The zero-order valence-corrected chi connectivity index (χ0v) is 13.2. The van der Waals surface area contributed by atoms with E-state index < -0.39 is 0 Å². The molecule has 2 aromatic heterocycles. The molecule has 0 aliphatic rings. The largest absolute Gasteiger partial charge is 0.467 e. The van der Waals surface area contributed by atoms with Crippen molar-refractivity contribution in [1.82, 2.24) is 16.0 Å². The van der Waals surface area contributed by atoms with Crippen molar-refractivity contribution in [3.63, 3.8) is 0 Å². The number of furan rings is 1. The van der Waals surface area contributed by atoms with Gasteiger partial charge in [-0.05, 0) is 23.6 Å². The number of hydrogen-bond donors (Lipinski definition) is 3. The van der Waals surface area contributed by atoms with Crippen molar-refractivity contribution in [2.45, 2.75) is 13.0 Å². The van der Waals surface area contributed by atoms with Gasteiger partial charge in [0, 0.05) is 13.0 Å². The fourth-order valence-corrected chi connectivity index (χ4v) is 2.35. The smallest absolute Gasteiger partial charge is 0.261 e. The van der Waals surface area contributed by atoms with Gasteiger partial charge in [0.1, 0.15) is 5.76 Å². The summed E-state index contributed by atoms with van der Waals surface area (Å²) in [7, 11) is 0. The minimum absolute atomic E-state index is 0.113. The molecule has 2 heterocycles. The maximum absolute atomic E-state index is 11.6. The third kappa shape index (κ3) is 5.95. The summed E-state index contributed by atoms with van der Waals surface area (Å²) in [5, 5.41) is 9.56. The Hall–Kier alpha value is -2.61. The van der Waals surface area contributed by atoms with Gasteiger partial charge < -0.3 is 20.4 Å². The van der Waals surface area contributed by atoms with E-state index in [0.717, 1.165) is 0 Å². The first-order valence-corrected chi connectivity index (χ1v) is 7.90. The van der Waals surface area contributed by atoms with Gasteiger partial charge in [0.05, 0.1) is 24.2 Å². The summed E-state index contributed by atoms with van der Waals surface area (Å²) in [5.74, 6) is -0.174. The molecule has 0 fully saturated rings. The fraction of sp³-hybridized carbons (Fsp3) is 0.267. The Bertz CT molecular complexity index is 638. The minimum atomic E-state index is -0.308. The normalized spacial score (nSPS) is 10.1. The van der Waals surface area contributed by atoms with Gasteiger partial charge >= 0.3 is 0 Å². The van der Waals surface area contributed by atoms with Crippen LogP contribution in [0.5, 0.6) is 0 Å². The average molecular weight is 335 g/mol. The number of thiophene rings is 1. The Morgan fingerprint density at radius 1 is 1.04 bits per heavy atom. The molecule has 8 heteroatoms. The summed E-state index contributed by atoms with van der Waals surface area (Å²) < 4.78 is 5.07. The molecule has 122 valence electrons. The monoisotopic (exact) mass is 335 g/mol. The maximum Gasteiger partial charge on any atom is 0.261 e. The highest BCUT2D eigenvalue weighted by molar-refractivity contribution is 7.12. The highest BCUT2D eigenvalue weighted by Gasteiger charge is 2.08. The second-order valence-electron chi connectivity index (χ2n) is 4.62. The van der Waals surface area contributed by atoms with Crippen LogP contribution in [0, 0.1) is 0 Å². The van der Waals surface area contributed by atoms with Crippen molar-refractivity contribution in [1.29, 1.82) is 0 Å². The molecular weight excluding hydrogens is 318 g/mol. The number of amides is 3. The molecule has 7 nitrogen and oxygen atoms in total. The van der Waals surface area contributed by atoms with E-state index in [0.29, 0.717) is 10.6 Å². The number of hydrogen-bond acceptors (Lipinski definition) is 5. The molecule has 3 N–H and O–H groups in total. The molecule has 2 rings (SSSR count). The Morgan fingerprint density at radius 2 is 1.91 bits per heavy atom. The molecule has 2 aromatic rings. The van der Waals surface area contributed by atoms with E-state index in [9.17, 15) is 14.4 Å². The van der Waals surface area contributed by atoms with Gasteiger partial charge in [-0.2, -0.15) is 0 Å². The standard InChI is InChI=1S/C15H17N3O4S/c19-13(5-6-16-15(21)12-4-2-8-23-12)18-10-14(20)17-9-11-3-1-7-22-11/h1-4,7-8H,5-6,9-10H2,(H,16,21)(H,17,20)(H,18,19). The van der Waals surface area contributed by atoms with Crippen molar-refractivity contribution in [2.75, 3.05) is 13.1 Å². The first-order chi connectivity index (χ1) is 11.1. The quantitative estimate of drug-likeness (QED) is 0.667. The van der Waals surface area contributed by atoms with Crippen molar-refractivity contribution in [3.8, 4) is 0 Å². The molecule has 0 atom stereocenters. The lowest BCUT2D eigenvalue weighted by Gasteiger charge is -2.06. The highest BCUT2D eigenvalue weighted by Crippen LogP contribution is 2.07. The van der Waals surface area contributed by atoms with Gasteiger partial charge in [-0.3, -0.25) is 14.4 Å². The van der Waals surface area contributed by atoms with E-state index in [4.69, 9.17) is 4.42 Å². The molecule has 0 bridgehead atoms. The molecule has 3 amide bonds. The lowest BCUT2D eigenvalue weighted by atomic mass is 10.3. The Morgan fingerprint density at radius 3 is 2.61 bits per heavy atom. The van der Waals surface area contributed by atoms with E-state index in [1.165, 1.54) is 17.6 Å². The number of carbonyl (C=O) groups excluding carboxylic acids is 3. The zero-order chi connectivity index (χ0) is 16.5. The minimum Gasteiger partial charge on any atom is -0.467 e. The lowest BCUT2D eigenvalue weighted by molar-refractivity contribution is -0.126. The summed E-state index contributed by atoms with van der Waals surface area (Å²) in [4.78, 5) is 35.4. The molecule has 0 saturated carbocycles. The summed E-state index contributed by atoms with van der Waals surface area (Å²) >= 11 is 1.34. The van der Waals surface area contributed by atoms with Crippen molar-refractivity contribution < 1.29 is 18.8 Å². The van der Waals surface area contributed by atoms with Gasteiger partial charge in [0.2, 0.25) is 11.8 Å². The fourth-order valence-electron chi connectivity index (χ4n) is 1.71. The predicted molar refractivity (Wildman–Crippen MR) is 84.8 cm³/mol. The van der Waals surface area contributed by atoms with Crippen LogP contribution in [-0.2, 0) is 16.1 Å². The molecule has 0 saturated heterocycles. The van der Waals surface area contributed by atoms with E-state index in [2.05, 4.69) is 16.0 Å². The van der Waals surface area contributed by atoms with Crippen LogP contribution in [0.1, 0.15) is 21.9 Å². The Kier molecular flexibility index (Phi) is 6.37. The van der Waals surface area contributed by atoms with Gasteiger partial charge in [-0.25, -0.2) is 0 Å². The molecule has 0 spiro atoms. The first-order valence-electron chi connectivity index (χ1n) is 7.02. The number of carbonyl (C=O) groups is 3. The van der Waals surface area contributed by atoms with E-state index in [1.54, 1.807) is 24.3 Å². The molecule has 0 aliphatic carbocycles. The highest BCUT2D eigenvalue weighted by atomic mass is 32.1. The lowest BCUT2D eigenvalue weighted by Crippen LogP contribution is -2.38. The molecule has 0 unspecified atom stereocenters. The molecular formula is C15H17N3O4S. The van der Waals surface area contributed by atoms with Crippen molar-refractivity contribution >= 4 is 29.1 Å². The van der Waals surface area contributed by atoms with E-state index in [-0.39, 0.29) is 43.8 Å². The van der Waals surface area contributed by atoms with Crippen LogP contribution >= 0.6 is 11.3 Å². The second kappa shape index (κ2) is 8.74. The summed E-state index contributed by atoms with van der Waals surface area (Å²) in [6.07, 6.45) is 1.64. The maximum atomic E-state index is 11.6. The van der Waals surface area contributed by atoms with Crippen LogP contribution in [0.25, 0.3) is 0 Å². The zero-order valence-electron chi connectivity index (χ0n) is 12.3. The number of nitrogens with one attached hydrogen (secondary N) is 3. The van der Waals surface area contributed by atoms with Crippen LogP contribution < -0.4 is 16.0 Å². The molecule has 0 radical (unpaired) electrons. The topological polar surface area (TPSA) is 100 Å². The van der Waals surface area contributed by atoms with Crippen LogP contribution in [-0.4, -0.2) is 30.8 Å². The van der Waals surface area contributed by atoms with Crippen molar-refractivity contribution in [3.05, 3.63) is 46.5 Å². The van der Waals surface area contributed by atoms with Gasteiger partial charge in [-0.15, -0.1) is 11.3 Å². The average Bonchev–Trinajstić information content (AvgIpc) is 3.23. The molecule has 0 aliphatic heterocycles. The molecule has 0 aromatic carbocycles. The third-order valence-corrected chi connectivity index (χ3v) is 3.74. The SMILES string of the molecule is O=C(CCNC(=O)c1cccs1)NCC(=O)NCc1ccco1. The summed E-state index contributed by atoms with van der Waals surface area (Å²) in [6, 6.07) is 6.97. The second-order valence-corrected chi connectivity index (χ2v) is 5.56. The van der Waals surface area contributed by atoms with Crippen molar-refractivity contribution in [2.24, 2.45) is 0 Å². The Balaban J connectivity index is 1.56. The third-order valence-electron chi connectivity index (χ3n) is 2.87. The van der Waals surface area contributed by atoms with Crippen LogP contribution in [0.2, 0.25) is 0 Å². The van der Waals surface area contributed by atoms with E-state index in [1.807, 2.05) is 5.38 Å². The van der Waals surface area contributed by atoms with Crippen LogP contribution in [0.4, 0.5) is 0 Å². The Labute approximate surface area is 137 Å². The molecule has 23 heavy (non-hydrogen) atoms. The summed E-state index contributed by atoms with van der Waals surface area (Å²) in [6.45, 7) is 0.383. The van der Waals surface area contributed by atoms with E-state index >= 15 is 0 Å². The number of rotatable bonds is 8. The van der Waals surface area contributed by atoms with Gasteiger partial charge in [0.15, 0.2) is 0 Å². The first kappa shape index (κ1) is 16.8. The van der Waals surface area contributed by atoms with Gasteiger partial charge in [-0.1, -0.05) is 6.07 Å².